The Kier molecular flexibility index (Phi) is 18.4. The van der Waals surface area contributed by atoms with Gasteiger partial charge in [-0.3, -0.25) is 9.59 Å². The van der Waals surface area contributed by atoms with Crippen molar-refractivity contribution in [3.8, 4) is 0 Å². The lowest BCUT2D eigenvalue weighted by Gasteiger charge is -2.14. The predicted molar refractivity (Wildman–Crippen MR) is 136 cm³/mol. The van der Waals surface area contributed by atoms with E-state index in [9.17, 15) is 9.59 Å². The number of carboxylic acid groups (broad SMARTS) is 1. The molecule has 0 amide bonds. The molecule has 0 bridgehead atoms. The first kappa shape index (κ1) is 29.2. The minimum absolute atomic E-state index is 0.146. The molecule has 1 rings (SSSR count). The molecule has 0 spiro atoms. The van der Waals surface area contributed by atoms with E-state index < -0.39 is 11.9 Å². The zero-order valence-electron chi connectivity index (χ0n) is 21.1. The van der Waals surface area contributed by atoms with Crippen molar-refractivity contribution in [2.75, 3.05) is 0 Å². The molecule has 0 fully saturated rings. The second-order valence-corrected chi connectivity index (χ2v) is 9.48. The Labute approximate surface area is 202 Å². The Morgan fingerprint density at radius 1 is 0.727 bits per heavy atom. The minimum Gasteiger partial charge on any atom is -0.481 e. The number of esters is 1. The maximum absolute atomic E-state index is 12.4. The van der Waals surface area contributed by atoms with Crippen LogP contribution in [0.3, 0.4) is 0 Å². The molecule has 33 heavy (non-hydrogen) atoms. The topological polar surface area (TPSA) is 63.6 Å². The van der Waals surface area contributed by atoms with Crippen molar-refractivity contribution in [3.63, 3.8) is 0 Å². The fraction of sp³-hybridized carbons (Fsp3) is 0.724. The van der Waals surface area contributed by atoms with Crippen molar-refractivity contribution < 1.29 is 19.4 Å². The van der Waals surface area contributed by atoms with Gasteiger partial charge in [-0.1, -0.05) is 140 Å². The average Bonchev–Trinajstić information content (AvgIpc) is 2.82. The summed E-state index contributed by atoms with van der Waals surface area (Å²) in [6, 6.07) is 9.50. The number of unbranched alkanes of at least 4 members (excludes halogenated alkanes) is 15. The lowest BCUT2D eigenvalue weighted by atomic mass is 9.97. The lowest BCUT2D eigenvalue weighted by molar-refractivity contribution is -0.154. The van der Waals surface area contributed by atoms with Crippen molar-refractivity contribution in [2.45, 2.75) is 129 Å². The summed E-state index contributed by atoms with van der Waals surface area (Å²) in [6.45, 7) is 2.47. The molecule has 0 aliphatic rings. The third-order valence-corrected chi connectivity index (χ3v) is 6.38. The van der Waals surface area contributed by atoms with Gasteiger partial charge in [-0.2, -0.15) is 0 Å². The van der Waals surface area contributed by atoms with E-state index in [-0.39, 0.29) is 19.0 Å². The zero-order chi connectivity index (χ0) is 24.0. The summed E-state index contributed by atoms with van der Waals surface area (Å²) in [5, 5.41) is 9.15. The highest BCUT2D eigenvalue weighted by atomic mass is 16.5. The Morgan fingerprint density at radius 3 is 1.64 bits per heavy atom. The van der Waals surface area contributed by atoms with Crippen molar-refractivity contribution in [3.05, 3.63) is 35.9 Å². The highest BCUT2D eigenvalue weighted by Crippen LogP contribution is 2.19. The van der Waals surface area contributed by atoms with Gasteiger partial charge >= 0.3 is 11.9 Å². The minimum atomic E-state index is -0.937. The van der Waals surface area contributed by atoms with E-state index in [2.05, 4.69) is 6.92 Å². The number of carboxylic acids is 1. The zero-order valence-corrected chi connectivity index (χ0v) is 21.1. The van der Waals surface area contributed by atoms with Gasteiger partial charge in [-0.05, 0) is 12.0 Å². The summed E-state index contributed by atoms with van der Waals surface area (Å²) >= 11 is 0. The van der Waals surface area contributed by atoms with Gasteiger partial charge in [0.05, 0.1) is 12.3 Å². The monoisotopic (exact) mass is 460 g/mol. The number of rotatable bonds is 22. The summed E-state index contributed by atoms with van der Waals surface area (Å²) in [5.74, 6) is -1.87. The molecule has 0 aromatic heterocycles. The van der Waals surface area contributed by atoms with Gasteiger partial charge in [0.15, 0.2) is 0 Å². The van der Waals surface area contributed by atoms with Crippen LogP contribution < -0.4 is 0 Å². The van der Waals surface area contributed by atoms with Crippen LogP contribution in [0.5, 0.6) is 0 Å². The molecule has 0 aliphatic carbocycles. The average molecular weight is 461 g/mol. The van der Waals surface area contributed by atoms with Crippen LogP contribution in [0.15, 0.2) is 30.3 Å². The number of aliphatic carboxylic acids is 1. The molecule has 1 atom stereocenters. The number of ether oxygens (including phenoxy) is 1. The number of hydrogen-bond donors (Lipinski definition) is 1. The Balaban J connectivity index is 2.00. The van der Waals surface area contributed by atoms with E-state index in [4.69, 9.17) is 9.84 Å². The first-order chi connectivity index (χ1) is 16.1. The fourth-order valence-corrected chi connectivity index (χ4v) is 4.30. The van der Waals surface area contributed by atoms with Crippen molar-refractivity contribution >= 4 is 11.9 Å². The molecule has 4 nitrogen and oxygen atoms in total. The molecule has 1 aromatic rings. The van der Waals surface area contributed by atoms with Crippen LogP contribution in [-0.2, 0) is 20.9 Å². The van der Waals surface area contributed by atoms with Crippen LogP contribution in [0.1, 0.15) is 128 Å². The molecule has 188 valence electrons. The molecular weight excluding hydrogens is 412 g/mol. The molecule has 0 aliphatic heterocycles. The first-order valence-electron chi connectivity index (χ1n) is 13.6. The molecule has 0 heterocycles. The second kappa shape index (κ2) is 20.7. The first-order valence-corrected chi connectivity index (χ1v) is 13.6. The van der Waals surface area contributed by atoms with Gasteiger partial charge in [-0.25, -0.2) is 0 Å². The number of hydrogen-bond acceptors (Lipinski definition) is 3. The standard InChI is InChI=1S/C29H48O4/c1-2-3-4-5-6-7-8-9-10-11-12-13-14-15-16-20-23-27(24-28(30)31)29(32)33-25-26-21-18-17-19-22-26/h17-19,21-22,27H,2-16,20,23-25H2,1H3,(H,30,31). The maximum atomic E-state index is 12.4. The number of carbonyl (C=O) groups excluding carboxylic acids is 1. The van der Waals surface area contributed by atoms with E-state index in [1.807, 2.05) is 30.3 Å². The molecule has 1 N–H and O–H groups in total. The van der Waals surface area contributed by atoms with Crippen LogP contribution in [0.2, 0.25) is 0 Å². The Hall–Kier alpha value is -1.84. The van der Waals surface area contributed by atoms with E-state index in [1.165, 1.54) is 83.5 Å². The molecular formula is C29H48O4. The van der Waals surface area contributed by atoms with Gasteiger partial charge in [0.2, 0.25) is 0 Å². The van der Waals surface area contributed by atoms with Crippen LogP contribution >= 0.6 is 0 Å². The fourth-order valence-electron chi connectivity index (χ4n) is 4.30. The van der Waals surface area contributed by atoms with E-state index in [0.29, 0.717) is 6.42 Å². The van der Waals surface area contributed by atoms with Crippen LogP contribution in [0.25, 0.3) is 0 Å². The summed E-state index contributed by atoms with van der Waals surface area (Å²) in [6.07, 6.45) is 21.3. The quantitative estimate of drug-likeness (QED) is 0.139. The van der Waals surface area contributed by atoms with Crippen LogP contribution in [0, 0.1) is 5.92 Å². The van der Waals surface area contributed by atoms with Crippen molar-refractivity contribution in [2.24, 2.45) is 5.92 Å². The number of benzene rings is 1. The molecule has 0 saturated carbocycles. The highest BCUT2D eigenvalue weighted by Gasteiger charge is 2.22. The third-order valence-electron chi connectivity index (χ3n) is 6.38. The van der Waals surface area contributed by atoms with Crippen molar-refractivity contribution in [1.82, 2.24) is 0 Å². The summed E-state index contributed by atoms with van der Waals surface area (Å²) in [4.78, 5) is 23.5. The molecule has 1 aromatic carbocycles. The third kappa shape index (κ3) is 17.3. The maximum Gasteiger partial charge on any atom is 0.309 e. The van der Waals surface area contributed by atoms with Gasteiger partial charge < -0.3 is 9.84 Å². The normalized spacial score (nSPS) is 11.9. The van der Waals surface area contributed by atoms with Gasteiger partial charge in [0.1, 0.15) is 6.61 Å². The summed E-state index contributed by atoms with van der Waals surface area (Å²) in [7, 11) is 0. The molecule has 1 unspecified atom stereocenters. The van der Waals surface area contributed by atoms with E-state index in [1.54, 1.807) is 0 Å². The lowest BCUT2D eigenvalue weighted by Crippen LogP contribution is -2.21. The van der Waals surface area contributed by atoms with Gasteiger partial charge in [0, 0.05) is 0 Å². The predicted octanol–water partition coefficient (Wildman–Crippen LogP) is 8.47. The second-order valence-electron chi connectivity index (χ2n) is 9.48. The Bertz CT molecular complexity index is 599. The highest BCUT2D eigenvalue weighted by molar-refractivity contribution is 5.79. The molecule has 4 heteroatoms. The molecule has 0 saturated heterocycles. The summed E-state index contributed by atoms with van der Waals surface area (Å²) < 4.78 is 5.37. The smallest absolute Gasteiger partial charge is 0.309 e. The van der Waals surface area contributed by atoms with Gasteiger partial charge in [0.25, 0.3) is 0 Å². The molecule has 0 radical (unpaired) electrons. The van der Waals surface area contributed by atoms with E-state index >= 15 is 0 Å². The van der Waals surface area contributed by atoms with Crippen LogP contribution in [-0.4, -0.2) is 17.0 Å². The number of carbonyl (C=O) groups is 2. The van der Waals surface area contributed by atoms with Crippen molar-refractivity contribution in [1.29, 1.82) is 0 Å². The Morgan fingerprint density at radius 2 is 1.18 bits per heavy atom. The van der Waals surface area contributed by atoms with E-state index in [0.717, 1.165) is 24.8 Å². The summed E-state index contributed by atoms with van der Waals surface area (Å²) in [5.41, 5.74) is 0.919. The van der Waals surface area contributed by atoms with Gasteiger partial charge in [-0.15, -0.1) is 0 Å². The largest absolute Gasteiger partial charge is 0.481 e. The SMILES string of the molecule is CCCCCCCCCCCCCCCCCCC(CC(=O)O)C(=O)OCc1ccccc1. The van der Waals surface area contributed by atoms with Crippen LogP contribution in [0.4, 0.5) is 0 Å².